The van der Waals surface area contributed by atoms with Crippen molar-refractivity contribution in [3.8, 4) is 11.5 Å². The van der Waals surface area contributed by atoms with Crippen LogP contribution < -0.4 is 20.1 Å². The normalized spacial score (nSPS) is 12.6. The topological polar surface area (TPSA) is 18.5 Å². The summed E-state index contributed by atoms with van der Waals surface area (Å²) in [6, 6.07) is 39.0. The summed E-state index contributed by atoms with van der Waals surface area (Å²) in [5, 5.41) is 2.92. The second-order valence-corrected chi connectivity index (χ2v) is 12.9. The lowest BCUT2D eigenvalue weighted by atomic mass is 10.2. The molecule has 0 saturated carbocycles. The molecule has 0 fully saturated rings. The molecule has 2 unspecified atom stereocenters. The van der Waals surface area contributed by atoms with E-state index in [2.05, 4.69) is 109 Å². The largest absolute Gasteiger partial charge is 0.496 e. The van der Waals surface area contributed by atoms with E-state index in [-0.39, 0.29) is 15.8 Å². The Morgan fingerprint density at radius 3 is 1.21 bits per heavy atom. The van der Waals surface area contributed by atoms with E-state index in [0.717, 1.165) is 23.8 Å². The van der Waals surface area contributed by atoms with E-state index < -0.39 is 0 Å². The first-order chi connectivity index (χ1) is 16.8. The Morgan fingerprint density at radius 1 is 0.471 bits per heavy atom. The van der Waals surface area contributed by atoms with Crippen LogP contribution in [0, 0.1) is 0 Å². The van der Waals surface area contributed by atoms with Crippen LogP contribution in [0.5, 0.6) is 11.5 Å². The van der Waals surface area contributed by atoms with E-state index in [1.807, 2.05) is 0 Å². The van der Waals surface area contributed by atoms with Crippen LogP contribution in [-0.2, 0) is 12.3 Å². The fourth-order valence-corrected chi connectivity index (χ4v) is 9.86. The first kappa shape index (κ1) is 24.5. The van der Waals surface area contributed by atoms with Gasteiger partial charge in [0.05, 0.1) is 14.2 Å². The molecule has 2 nitrogen and oxygen atoms in total. The molecule has 4 rings (SSSR count). The van der Waals surface area contributed by atoms with E-state index in [0.29, 0.717) is 0 Å². The molecule has 0 N–H and O–H groups in total. The van der Waals surface area contributed by atoms with Crippen molar-refractivity contribution >= 4 is 26.5 Å². The molecule has 0 aliphatic rings. The smallest absolute Gasteiger partial charge is 0.122 e. The summed E-state index contributed by atoms with van der Waals surface area (Å²) >= 11 is 0. The number of hydrogen-bond donors (Lipinski definition) is 0. The zero-order valence-electron chi connectivity index (χ0n) is 19.9. The van der Waals surface area contributed by atoms with Crippen LogP contribution in [0.4, 0.5) is 0 Å². The molecule has 4 aromatic carbocycles. The van der Waals surface area contributed by atoms with Crippen molar-refractivity contribution in [2.24, 2.45) is 0 Å². The predicted molar refractivity (Wildman–Crippen MR) is 149 cm³/mol. The number of para-hydroxylation sites is 2. The summed E-state index contributed by atoms with van der Waals surface area (Å²) in [7, 11) is 2.82. The maximum Gasteiger partial charge on any atom is 0.122 e. The zero-order valence-corrected chi connectivity index (χ0v) is 21.7. The molecule has 0 amide bonds. The molecule has 0 saturated heterocycles. The molecule has 0 spiro atoms. The number of benzene rings is 4. The van der Waals surface area contributed by atoms with Gasteiger partial charge in [0.2, 0.25) is 0 Å². The Balaban J connectivity index is 1.59. The fraction of sp³-hybridized carbons (Fsp3) is 0.200. The third-order valence-corrected chi connectivity index (χ3v) is 11.4. The summed E-state index contributed by atoms with van der Waals surface area (Å²) in [6.07, 6.45) is 4.45. The lowest BCUT2D eigenvalue weighted by Gasteiger charge is -2.24. The molecular weight excluding hydrogens is 454 g/mol. The molecule has 0 aromatic heterocycles. The number of rotatable bonds is 11. The first-order valence-electron chi connectivity index (χ1n) is 11.6. The second kappa shape index (κ2) is 12.7. The summed E-state index contributed by atoms with van der Waals surface area (Å²) < 4.78 is 11.4. The Bertz CT molecular complexity index is 1060. The highest BCUT2D eigenvalue weighted by atomic mass is 31.1. The van der Waals surface area contributed by atoms with Crippen molar-refractivity contribution in [3.05, 3.63) is 120 Å². The number of methoxy groups -OCH3 is 2. The Hall–Kier alpha value is -2.66. The van der Waals surface area contributed by atoms with E-state index in [1.165, 1.54) is 34.1 Å². The lowest BCUT2D eigenvalue weighted by Crippen LogP contribution is -2.12. The minimum Gasteiger partial charge on any atom is -0.496 e. The van der Waals surface area contributed by atoms with Gasteiger partial charge in [-0.2, -0.15) is 0 Å². The van der Waals surface area contributed by atoms with Crippen LogP contribution in [0.3, 0.4) is 0 Å². The van der Waals surface area contributed by atoms with E-state index in [4.69, 9.17) is 9.47 Å². The molecular formula is C30H32O2P2. The third-order valence-electron chi connectivity index (χ3n) is 5.99. The van der Waals surface area contributed by atoms with Gasteiger partial charge in [-0.05, 0) is 46.2 Å². The third kappa shape index (κ3) is 6.47. The van der Waals surface area contributed by atoms with Crippen LogP contribution in [-0.4, -0.2) is 26.5 Å². The van der Waals surface area contributed by atoms with E-state index >= 15 is 0 Å². The van der Waals surface area contributed by atoms with Crippen molar-refractivity contribution < 1.29 is 9.47 Å². The highest BCUT2D eigenvalue weighted by molar-refractivity contribution is 7.68. The summed E-state index contributed by atoms with van der Waals surface area (Å²) in [6.45, 7) is 0. The molecule has 174 valence electrons. The van der Waals surface area contributed by atoms with Gasteiger partial charge in [-0.3, -0.25) is 0 Å². The van der Waals surface area contributed by atoms with Gasteiger partial charge in [-0.25, -0.2) is 0 Å². The first-order valence-corrected chi connectivity index (χ1v) is 15.0. The molecule has 0 bridgehead atoms. The van der Waals surface area contributed by atoms with Crippen LogP contribution >= 0.6 is 15.8 Å². The van der Waals surface area contributed by atoms with Gasteiger partial charge in [0, 0.05) is 12.3 Å². The summed E-state index contributed by atoms with van der Waals surface area (Å²) in [4.78, 5) is 0. The Labute approximate surface area is 206 Å². The maximum absolute atomic E-state index is 5.68. The van der Waals surface area contributed by atoms with Gasteiger partial charge >= 0.3 is 0 Å². The Morgan fingerprint density at radius 2 is 0.824 bits per heavy atom. The van der Waals surface area contributed by atoms with Crippen LogP contribution in [0.15, 0.2) is 109 Å². The number of hydrogen-bond acceptors (Lipinski definition) is 2. The fourth-order valence-electron chi connectivity index (χ4n) is 4.20. The standard InChI is InChI=1S/C30H32O2P2/c1-31-29-19-11-9-13-25(29)23-33(27-15-5-3-6-16-27)21-22-34(28-17-7-4-8-18-28)24-26-14-10-12-20-30(26)32-2/h3-20H,21-24H2,1-2H3. The van der Waals surface area contributed by atoms with Crippen molar-refractivity contribution in [2.75, 3.05) is 26.5 Å². The van der Waals surface area contributed by atoms with E-state index in [1.54, 1.807) is 14.2 Å². The molecule has 34 heavy (non-hydrogen) atoms. The lowest BCUT2D eigenvalue weighted by molar-refractivity contribution is 0.411. The van der Waals surface area contributed by atoms with Crippen molar-refractivity contribution in [1.29, 1.82) is 0 Å². The zero-order chi connectivity index (χ0) is 23.6. The molecule has 0 aliphatic carbocycles. The van der Waals surface area contributed by atoms with Crippen LogP contribution in [0.25, 0.3) is 0 Å². The van der Waals surface area contributed by atoms with E-state index in [9.17, 15) is 0 Å². The molecule has 2 atom stereocenters. The SMILES string of the molecule is COc1ccccc1CP(CCP(Cc1ccccc1OC)c1ccccc1)c1ccccc1. The highest BCUT2D eigenvalue weighted by Gasteiger charge is 2.19. The molecule has 0 radical (unpaired) electrons. The van der Waals surface area contributed by atoms with Crippen molar-refractivity contribution in [1.82, 2.24) is 0 Å². The Kier molecular flexibility index (Phi) is 9.14. The van der Waals surface area contributed by atoms with Gasteiger partial charge in [0.25, 0.3) is 0 Å². The summed E-state index contributed by atoms with van der Waals surface area (Å²) in [5.41, 5.74) is 2.60. The van der Waals surface area contributed by atoms with Crippen molar-refractivity contribution in [3.63, 3.8) is 0 Å². The summed E-state index contributed by atoms with van der Waals surface area (Å²) in [5.74, 6) is 1.98. The maximum atomic E-state index is 5.68. The quantitative estimate of drug-likeness (QED) is 0.212. The average molecular weight is 487 g/mol. The predicted octanol–water partition coefficient (Wildman–Crippen LogP) is 7.02. The van der Waals surface area contributed by atoms with Gasteiger partial charge < -0.3 is 9.47 Å². The molecule has 4 heteroatoms. The highest BCUT2D eigenvalue weighted by Crippen LogP contribution is 2.47. The number of ether oxygens (including phenoxy) is 2. The van der Waals surface area contributed by atoms with Gasteiger partial charge in [-0.1, -0.05) is 113 Å². The molecule has 4 aromatic rings. The van der Waals surface area contributed by atoms with Gasteiger partial charge in [0.1, 0.15) is 11.5 Å². The minimum absolute atomic E-state index is 0.358. The van der Waals surface area contributed by atoms with Crippen LogP contribution in [0.2, 0.25) is 0 Å². The molecule has 0 aliphatic heterocycles. The average Bonchev–Trinajstić information content (AvgIpc) is 2.91. The van der Waals surface area contributed by atoms with Crippen molar-refractivity contribution in [2.45, 2.75) is 12.3 Å². The minimum atomic E-state index is -0.358. The van der Waals surface area contributed by atoms with Crippen LogP contribution in [0.1, 0.15) is 11.1 Å². The van der Waals surface area contributed by atoms with Gasteiger partial charge in [-0.15, -0.1) is 0 Å². The molecule has 0 heterocycles. The van der Waals surface area contributed by atoms with Gasteiger partial charge in [0.15, 0.2) is 0 Å². The second-order valence-electron chi connectivity index (χ2n) is 8.14. The monoisotopic (exact) mass is 486 g/mol.